The molecule has 0 spiro atoms. The van der Waals surface area contributed by atoms with E-state index < -0.39 is 17.6 Å². The molecular weight excluding hydrogens is 561 g/mol. The van der Waals surface area contributed by atoms with Gasteiger partial charge in [0, 0.05) is 73.4 Å². The topological polar surface area (TPSA) is 91.8 Å². The largest absolute Gasteiger partial charge is 0.475 e. The standard InChI is InChI=1S/C31H37F3N6O3/c1-21-26(17-25(19-36-21)38-28(41)22-5-4-6-24(15-22)31(32,33)34)23-16-27(39-9-12-42-13-10-39)29(37-18-23)43-14-11-40-8-7-35-20-30(40,2)3/h4-6,15-19,35H,7-14,20H2,1-3H3,(H,38,41). The number of nitrogens with one attached hydrogen (secondary N) is 2. The van der Waals surface area contributed by atoms with Crippen LogP contribution in [0.15, 0.2) is 48.8 Å². The number of ether oxygens (including phenoxy) is 2. The van der Waals surface area contributed by atoms with Crippen molar-refractivity contribution in [1.29, 1.82) is 0 Å². The van der Waals surface area contributed by atoms with E-state index in [1.54, 1.807) is 12.3 Å². The van der Waals surface area contributed by atoms with Gasteiger partial charge >= 0.3 is 6.18 Å². The quantitative estimate of drug-likeness (QED) is 0.388. The SMILES string of the molecule is Cc1ncc(NC(=O)c2cccc(C(F)(F)F)c2)cc1-c1cnc(OCCN2CCNCC2(C)C)c(N2CCOCC2)c1. The number of nitrogens with zero attached hydrogens (tertiary/aromatic N) is 4. The van der Waals surface area contributed by atoms with Crippen molar-refractivity contribution in [3.63, 3.8) is 0 Å². The Labute approximate surface area is 249 Å². The molecule has 2 aromatic heterocycles. The number of pyridine rings is 2. The van der Waals surface area contributed by atoms with Gasteiger partial charge in [-0.3, -0.25) is 14.7 Å². The van der Waals surface area contributed by atoms with E-state index in [2.05, 4.69) is 39.3 Å². The molecule has 230 valence electrons. The fourth-order valence-corrected chi connectivity index (χ4v) is 5.35. The molecule has 0 aliphatic carbocycles. The number of rotatable bonds is 8. The van der Waals surface area contributed by atoms with Crippen LogP contribution in [-0.2, 0) is 10.9 Å². The summed E-state index contributed by atoms with van der Waals surface area (Å²) >= 11 is 0. The van der Waals surface area contributed by atoms with E-state index in [-0.39, 0.29) is 11.1 Å². The molecule has 12 heteroatoms. The van der Waals surface area contributed by atoms with Crippen molar-refractivity contribution < 1.29 is 27.4 Å². The lowest BCUT2D eigenvalue weighted by Crippen LogP contribution is -2.58. The molecule has 2 aliphatic heterocycles. The first kappa shape index (κ1) is 30.7. The zero-order valence-corrected chi connectivity index (χ0v) is 24.6. The predicted octanol–water partition coefficient (Wildman–Crippen LogP) is 4.62. The van der Waals surface area contributed by atoms with Gasteiger partial charge in [-0.1, -0.05) is 6.07 Å². The maximum atomic E-state index is 13.2. The molecule has 2 N–H and O–H groups in total. The van der Waals surface area contributed by atoms with E-state index in [1.165, 1.54) is 18.3 Å². The van der Waals surface area contributed by atoms with Crippen molar-refractivity contribution >= 4 is 17.3 Å². The van der Waals surface area contributed by atoms with Crippen molar-refractivity contribution in [1.82, 2.24) is 20.2 Å². The van der Waals surface area contributed by atoms with Crippen LogP contribution in [-0.4, -0.2) is 85.4 Å². The van der Waals surface area contributed by atoms with Crippen molar-refractivity contribution in [2.24, 2.45) is 0 Å². The van der Waals surface area contributed by atoms with Gasteiger partial charge in [0.25, 0.3) is 5.91 Å². The minimum atomic E-state index is -4.54. The van der Waals surface area contributed by atoms with Crippen LogP contribution in [0.5, 0.6) is 5.88 Å². The molecule has 9 nitrogen and oxygen atoms in total. The first-order valence-corrected chi connectivity index (χ1v) is 14.4. The zero-order chi connectivity index (χ0) is 30.6. The second-order valence-electron chi connectivity index (χ2n) is 11.4. The summed E-state index contributed by atoms with van der Waals surface area (Å²) < 4.78 is 51.3. The third-order valence-electron chi connectivity index (χ3n) is 7.86. The maximum Gasteiger partial charge on any atom is 0.416 e. The lowest BCUT2D eigenvalue weighted by Gasteiger charge is -2.42. The smallest absolute Gasteiger partial charge is 0.416 e. The van der Waals surface area contributed by atoms with E-state index >= 15 is 0 Å². The summed E-state index contributed by atoms with van der Waals surface area (Å²) in [7, 11) is 0. The number of aromatic nitrogens is 2. The highest BCUT2D eigenvalue weighted by Gasteiger charge is 2.31. The van der Waals surface area contributed by atoms with Crippen molar-refractivity contribution in [3.8, 4) is 17.0 Å². The lowest BCUT2D eigenvalue weighted by molar-refractivity contribution is -0.137. The van der Waals surface area contributed by atoms with Crippen LogP contribution >= 0.6 is 0 Å². The third kappa shape index (κ3) is 7.43. The van der Waals surface area contributed by atoms with Crippen LogP contribution in [0.4, 0.5) is 24.5 Å². The highest BCUT2D eigenvalue weighted by Crippen LogP contribution is 2.34. The highest BCUT2D eigenvalue weighted by molar-refractivity contribution is 6.04. The van der Waals surface area contributed by atoms with Crippen LogP contribution in [0.1, 0.15) is 35.5 Å². The van der Waals surface area contributed by atoms with E-state index in [4.69, 9.17) is 14.5 Å². The minimum Gasteiger partial charge on any atom is -0.475 e. The molecule has 0 unspecified atom stereocenters. The number of piperazine rings is 1. The Balaban J connectivity index is 1.37. The van der Waals surface area contributed by atoms with Gasteiger partial charge in [-0.25, -0.2) is 4.98 Å². The van der Waals surface area contributed by atoms with Gasteiger partial charge in [-0.15, -0.1) is 0 Å². The molecule has 0 bridgehead atoms. The zero-order valence-electron chi connectivity index (χ0n) is 24.6. The Bertz CT molecular complexity index is 1440. The molecule has 0 radical (unpaired) electrons. The third-order valence-corrected chi connectivity index (χ3v) is 7.86. The summed E-state index contributed by atoms with van der Waals surface area (Å²) in [5, 5.41) is 6.12. The number of carbonyl (C=O) groups excluding carboxylic acids is 1. The van der Waals surface area contributed by atoms with Crippen molar-refractivity contribution in [2.45, 2.75) is 32.5 Å². The van der Waals surface area contributed by atoms with Crippen molar-refractivity contribution in [3.05, 3.63) is 65.6 Å². The normalized spacial score (nSPS) is 17.5. The molecule has 3 aromatic rings. The number of anilines is 2. The number of morpholine rings is 1. The summed E-state index contributed by atoms with van der Waals surface area (Å²) in [5.41, 5.74) is 2.48. The van der Waals surface area contributed by atoms with Crippen LogP contribution in [0.3, 0.4) is 0 Å². The predicted molar refractivity (Wildman–Crippen MR) is 159 cm³/mol. The van der Waals surface area contributed by atoms with E-state index in [1.807, 2.05) is 13.0 Å². The Morgan fingerprint density at radius 1 is 1.12 bits per heavy atom. The Morgan fingerprint density at radius 3 is 2.65 bits per heavy atom. The molecule has 2 aliphatic rings. The second kappa shape index (κ2) is 12.9. The molecule has 43 heavy (non-hydrogen) atoms. The molecule has 5 rings (SSSR count). The fourth-order valence-electron chi connectivity index (χ4n) is 5.35. The summed E-state index contributed by atoms with van der Waals surface area (Å²) in [6, 6.07) is 8.07. The maximum absolute atomic E-state index is 13.2. The van der Waals surface area contributed by atoms with Crippen LogP contribution < -0.4 is 20.3 Å². The summed E-state index contributed by atoms with van der Waals surface area (Å²) in [6.45, 7) is 12.9. The Hall–Kier alpha value is -3.74. The number of amides is 1. The number of halogens is 3. The summed E-state index contributed by atoms with van der Waals surface area (Å²) in [4.78, 5) is 26.6. The Morgan fingerprint density at radius 2 is 1.91 bits per heavy atom. The first-order chi connectivity index (χ1) is 20.5. The molecule has 2 saturated heterocycles. The summed E-state index contributed by atoms with van der Waals surface area (Å²) in [6.07, 6.45) is -1.34. The fraction of sp³-hybridized carbons (Fsp3) is 0.452. The van der Waals surface area contributed by atoms with Gasteiger partial charge in [0.2, 0.25) is 5.88 Å². The monoisotopic (exact) mass is 598 g/mol. The highest BCUT2D eigenvalue weighted by atomic mass is 19.4. The number of hydrogen-bond acceptors (Lipinski definition) is 8. The van der Waals surface area contributed by atoms with E-state index in [9.17, 15) is 18.0 Å². The van der Waals surface area contributed by atoms with Gasteiger partial charge in [0.05, 0.1) is 30.7 Å². The number of alkyl halides is 3. The average molecular weight is 599 g/mol. The second-order valence-corrected chi connectivity index (χ2v) is 11.4. The van der Waals surface area contributed by atoms with Crippen molar-refractivity contribution in [2.75, 3.05) is 69.3 Å². The van der Waals surface area contributed by atoms with Crippen LogP contribution in [0.2, 0.25) is 0 Å². The number of carbonyl (C=O) groups is 1. The van der Waals surface area contributed by atoms with Gasteiger partial charge < -0.3 is 25.0 Å². The molecule has 1 aromatic carbocycles. The molecule has 2 fully saturated rings. The Kier molecular flexibility index (Phi) is 9.19. The van der Waals surface area contributed by atoms with Gasteiger partial charge in [0.1, 0.15) is 12.3 Å². The summed E-state index contributed by atoms with van der Waals surface area (Å²) in [5.74, 6) is -0.121. The molecule has 0 atom stereocenters. The minimum absolute atomic E-state index is 0.0397. The number of aryl methyl sites for hydroxylation is 1. The first-order valence-electron chi connectivity index (χ1n) is 14.4. The number of hydrogen-bond donors (Lipinski definition) is 2. The molecular formula is C31H37F3N6O3. The average Bonchev–Trinajstić information content (AvgIpc) is 2.99. The van der Waals surface area contributed by atoms with Gasteiger partial charge in [-0.2, -0.15) is 13.2 Å². The molecule has 0 saturated carbocycles. The van der Waals surface area contributed by atoms with Gasteiger partial charge in [-0.05, 0) is 51.1 Å². The molecule has 4 heterocycles. The van der Waals surface area contributed by atoms with E-state index in [0.717, 1.165) is 55.1 Å². The van der Waals surface area contributed by atoms with E-state index in [0.29, 0.717) is 50.2 Å². The van der Waals surface area contributed by atoms with Crippen LogP contribution in [0, 0.1) is 6.92 Å². The lowest BCUT2D eigenvalue weighted by atomic mass is 10.0. The van der Waals surface area contributed by atoms with Crippen LogP contribution in [0.25, 0.3) is 11.1 Å². The number of benzene rings is 1. The van der Waals surface area contributed by atoms with Gasteiger partial charge in [0.15, 0.2) is 0 Å². The molecule has 1 amide bonds.